The molecule has 0 aromatic heterocycles. The van der Waals surface area contributed by atoms with Gasteiger partial charge in [0.25, 0.3) is 5.91 Å². The Labute approximate surface area is 110 Å². The zero-order valence-corrected chi connectivity index (χ0v) is 10.3. The minimum absolute atomic E-state index is 0.132. The van der Waals surface area contributed by atoms with Crippen LogP contribution in [0.2, 0.25) is 0 Å². The number of rotatable bonds is 1. The van der Waals surface area contributed by atoms with Gasteiger partial charge < -0.3 is 9.47 Å². The summed E-state index contributed by atoms with van der Waals surface area (Å²) in [6, 6.07) is 5.49. The molecule has 0 radical (unpaired) electrons. The van der Waals surface area contributed by atoms with Crippen LogP contribution in [0.1, 0.15) is 18.4 Å². The Morgan fingerprint density at radius 1 is 1.11 bits per heavy atom. The number of fused-ring (bicyclic) bond motifs is 1. The Morgan fingerprint density at radius 2 is 1.89 bits per heavy atom. The molecule has 19 heavy (non-hydrogen) atoms. The molecule has 0 atom stereocenters. The maximum atomic E-state index is 11.5. The highest BCUT2D eigenvalue weighted by atomic mass is 16.5. The summed E-state index contributed by atoms with van der Waals surface area (Å²) in [7, 11) is 0. The van der Waals surface area contributed by atoms with Crippen molar-refractivity contribution in [1.82, 2.24) is 5.32 Å². The Kier molecular flexibility index (Phi) is 2.95. The zero-order chi connectivity index (χ0) is 13.2. The van der Waals surface area contributed by atoms with Crippen molar-refractivity contribution in [3.8, 4) is 11.5 Å². The molecule has 2 aliphatic rings. The van der Waals surface area contributed by atoms with Crippen LogP contribution in [-0.4, -0.2) is 25.0 Å². The van der Waals surface area contributed by atoms with Crippen LogP contribution in [-0.2, 0) is 9.59 Å². The summed E-state index contributed by atoms with van der Waals surface area (Å²) in [5.74, 6) is 0.811. The molecule has 1 saturated heterocycles. The summed E-state index contributed by atoms with van der Waals surface area (Å²) < 4.78 is 11.1. The first-order valence-electron chi connectivity index (χ1n) is 6.17. The fourth-order valence-corrected chi connectivity index (χ4v) is 2.09. The highest BCUT2D eigenvalue weighted by Gasteiger charge is 2.23. The van der Waals surface area contributed by atoms with Crippen molar-refractivity contribution in [1.29, 1.82) is 0 Å². The van der Waals surface area contributed by atoms with E-state index < -0.39 is 0 Å². The van der Waals surface area contributed by atoms with E-state index in [1.165, 1.54) is 0 Å². The van der Waals surface area contributed by atoms with Gasteiger partial charge in [0.15, 0.2) is 11.5 Å². The van der Waals surface area contributed by atoms with Gasteiger partial charge in [-0.15, -0.1) is 0 Å². The fraction of sp³-hybridized carbons (Fsp3) is 0.286. The van der Waals surface area contributed by atoms with Crippen molar-refractivity contribution in [3.05, 3.63) is 29.3 Å². The third-order valence-corrected chi connectivity index (χ3v) is 3.01. The molecule has 0 unspecified atom stereocenters. The van der Waals surface area contributed by atoms with Gasteiger partial charge in [0.2, 0.25) is 5.91 Å². The van der Waals surface area contributed by atoms with E-state index in [4.69, 9.17) is 9.47 Å². The second-order valence-electron chi connectivity index (χ2n) is 4.48. The van der Waals surface area contributed by atoms with Crippen LogP contribution in [0.5, 0.6) is 11.5 Å². The van der Waals surface area contributed by atoms with Gasteiger partial charge in [0, 0.05) is 12.0 Å². The van der Waals surface area contributed by atoms with Gasteiger partial charge in [-0.3, -0.25) is 14.9 Å². The number of hydrogen-bond acceptors (Lipinski definition) is 4. The molecule has 0 saturated carbocycles. The molecule has 5 heteroatoms. The molecule has 2 amide bonds. The van der Waals surface area contributed by atoms with Gasteiger partial charge in [-0.05, 0) is 23.8 Å². The highest BCUT2D eigenvalue weighted by molar-refractivity contribution is 6.15. The van der Waals surface area contributed by atoms with E-state index in [2.05, 4.69) is 5.32 Å². The van der Waals surface area contributed by atoms with Gasteiger partial charge in [0.05, 0.1) is 19.6 Å². The van der Waals surface area contributed by atoms with E-state index in [0.717, 1.165) is 12.0 Å². The molecular formula is C14H13NO4. The van der Waals surface area contributed by atoms with Crippen molar-refractivity contribution in [2.45, 2.75) is 12.8 Å². The molecule has 3 rings (SSSR count). The van der Waals surface area contributed by atoms with Crippen molar-refractivity contribution in [2.24, 2.45) is 0 Å². The van der Waals surface area contributed by atoms with E-state index in [-0.39, 0.29) is 18.2 Å². The van der Waals surface area contributed by atoms with Gasteiger partial charge in [-0.1, -0.05) is 6.07 Å². The molecule has 1 fully saturated rings. The number of carbonyl (C=O) groups excluding carboxylic acids is 2. The van der Waals surface area contributed by atoms with E-state index in [0.29, 0.717) is 30.3 Å². The first kappa shape index (κ1) is 11.8. The Balaban J connectivity index is 1.90. The van der Waals surface area contributed by atoms with Crippen LogP contribution < -0.4 is 14.8 Å². The minimum Gasteiger partial charge on any atom is -0.490 e. The first-order chi connectivity index (χ1) is 9.22. The topological polar surface area (TPSA) is 64.6 Å². The van der Waals surface area contributed by atoms with Gasteiger partial charge in [0.1, 0.15) is 0 Å². The van der Waals surface area contributed by atoms with Crippen molar-refractivity contribution >= 4 is 17.9 Å². The van der Waals surface area contributed by atoms with Crippen molar-refractivity contribution < 1.29 is 19.1 Å². The SMILES string of the molecule is O=C1CC(=Cc2ccc3c(c2)OCCCO3)C(=O)N1. The lowest BCUT2D eigenvalue weighted by Gasteiger charge is -2.07. The monoisotopic (exact) mass is 259 g/mol. The molecule has 0 aliphatic carbocycles. The first-order valence-corrected chi connectivity index (χ1v) is 6.17. The lowest BCUT2D eigenvalue weighted by molar-refractivity contribution is -0.124. The number of ether oxygens (including phenoxy) is 2. The summed E-state index contributed by atoms with van der Waals surface area (Å²) in [6.07, 6.45) is 2.68. The predicted octanol–water partition coefficient (Wildman–Crippen LogP) is 1.28. The average molecular weight is 259 g/mol. The molecule has 2 heterocycles. The maximum Gasteiger partial charge on any atom is 0.254 e. The number of hydrogen-bond donors (Lipinski definition) is 1. The molecule has 98 valence electrons. The highest BCUT2D eigenvalue weighted by Crippen LogP contribution is 2.31. The summed E-state index contributed by atoms with van der Waals surface area (Å²) >= 11 is 0. The van der Waals surface area contributed by atoms with Gasteiger partial charge in [-0.25, -0.2) is 0 Å². The standard InChI is InChI=1S/C14H13NO4/c16-13-8-10(14(17)15-13)6-9-2-3-11-12(7-9)19-5-1-4-18-11/h2-3,6-7H,1,4-5,8H2,(H,15,16,17). The summed E-state index contributed by atoms with van der Waals surface area (Å²) in [4.78, 5) is 22.6. The molecule has 2 aliphatic heterocycles. The third-order valence-electron chi connectivity index (χ3n) is 3.01. The van der Waals surface area contributed by atoms with E-state index in [1.54, 1.807) is 6.08 Å². The smallest absolute Gasteiger partial charge is 0.254 e. The van der Waals surface area contributed by atoms with E-state index in [9.17, 15) is 9.59 Å². The van der Waals surface area contributed by atoms with Crippen LogP contribution >= 0.6 is 0 Å². The number of amides is 2. The summed E-state index contributed by atoms with van der Waals surface area (Å²) in [5, 5.41) is 2.26. The second kappa shape index (κ2) is 4.76. The van der Waals surface area contributed by atoms with Gasteiger partial charge in [-0.2, -0.15) is 0 Å². The Morgan fingerprint density at radius 3 is 2.63 bits per heavy atom. The van der Waals surface area contributed by atoms with E-state index in [1.807, 2.05) is 18.2 Å². The molecule has 1 N–H and O–H groups in total. The minimum atomic E-state index is -0.322. The van der Waals surface area contributed by atoms with Crippen molar-refractivity contribution in [2.75, 3.05) is 13.2 Å². The molecule has 5 nitrogen and oxygen atoms in total. The Bertz CT molecular complexity index is 577. The Hall–Kier alpha value is -2.30. The molecule has 0 bridgehead atoms. The summed E-state index contributed by atoms with van der Waals surface area (Å²) in [6.45, 7) is 1.26. The summed E-state index contributed by atoms with van der Waals surface area (Å²) in [5.41, 5.74) is 1.29. The lowest BCUT2D eigenvalue weighted by Crippen LogP contribution is -2.19. The second-order valence-corrected chi connectivity index (χ2v) is 4.48. The predicted molar refractivity (Wildman–Crippen MR) is 67.8 cm³/mol. The van der Waals surface area contributed by atoms with Crippen LogP contribution in [0, 0.1) is 0 Å². The zero-order valence-electron chi connectivity index (χ0n) is 10.3. The van der Waals surface area contributed by atoms with Gasteiger partial charge >= 0.3 is 0 Å². The van der Waals surface area contributed by atoms with Crippen molar-refractivity contribution in [3.63, 3.8) is 0 Å². The number of nitrogens with one attached hydrogen (secondary N) is 1. The van der Waals surface area contributed by atoms with Crippen LogP contribution in [0.4, 0.5) is 0 Å². The largest absolute Gasteiger partial charge is 0.490 e. The molecule has 0 spiro atoms. The quantitative estimate of drug-likeness (QED) is 0.609. The lowest BCUT2D eigenvalue weighted by atomic mass is 10.1. The molecular weight excluding hydrogens is 246 g/mol. The van der Waals surface area contributed by atoms with Crippen LogP contribution in [0.25, 0.3) is 6.08 Å². The average Bonchev–Trinajstić information content (AvgIpc) is 2.60. The normalized spacial score (nSPS) is 20.3. The number of imide groups is 1. The number of carbonyl (C=O) groups is 2. The molecule has 1 aromatic carbocycles. The number of benzene rings is 1. The fourth-order valence-electron chi connectivity index (χ4n) is 2.09. The third kappa shape index (κ3) is 2.45. The maximum absolute atomic E-state index is 11.5. The van der Waals surface area contributed by atoms with Crippen LogP contribution in [0.3, 0.4) is 0 Å². The molecule has 1 aromatic rings. The van der Waals surface area contributed by atoms with Crippen LogP contribution in [0.15, 0.2) is 23.8 Å². The van der Waals surface area contributed by atoms with E-state index >= 15 is 0 Å².